The van der Waals surface area contributed by atoms with Crippen LogP contribution in [0.4, 0.5) is 20.6 Å². The molecule has 1 aliphatic rings. The van der Waals surface area contributed by atoms with Gasteiger partial charge in [-0.25, -0.2) is 9.18 Å². The number of rotatable bonds is 6. The first-order valence-corrected chi connectivity index (χ1v) is 11.7. The predicted octanol–water partition coefficient (Wildman–Crippen LogP) is 2.49. The van der Waals surface area contributed by atoms with Gasteiger partial charge in [-0.3, -0.25) is 9.88 Å². The highest BCUT2D eigenvalue weighted by molar-refractivity contribution is 7.86. The van der Waals surface area contributed by atoms with Crippen molar-refractivity contribution in [3.05, 3.63) is 53.6 Å². The average Bonchev–Trinajstić information content (AvgIpc) is 2.72. The average molecular weight is 465 g/mol. The Labute approximate surface area is 188 Å². The van der Waals surface area contributed by atoms with Crippen LogP contribution in [-0.4, -0.2) is 72.7 Å². The van der Waals surface area contributed by atoms with Gasteiger partial charge in [0.25, 0.3) is 10.2 Å². The van der Waals surface area contributed by atoms with Gasteiger partial charge in [0.1, 0.15) is 0 Å². The lowest BCUT2D eigenvalue weighted by Crippen LogP contribution is -2.56. The van der Waals surface area contributed by atoms with E-state index in [1.54, 1.807) is 24.3 Å². The minimum Gasteiger partial charge on any atom is -0.306 e. The highest BCUT2D eigenvalue weighted by Crippen LogP contribution is 2.22. The molecule has 1 aliphatic heterocycles. The number of hydrogen-bond donors (Lipinski definition) is 2. The molecule has 1 fully saturated rings. The zero-order valence-corrected chi connectivity index (χ0v) is 19.5. The van der Waals surface area contributed by atoms with Crippen LogP contribution in [-0.2, 0) is 16.8 Å². The number of hydrogen-bond acceptors (Lipinski definition) is 5. The number of aromatic nitrogens is 1. The number of urea groups is 1. The van der Waals surface area contributed by atoms with Crippen molar-refractivity contribution in [3.8, 4) is 0 Å². The van der Waals surface area contributed by atoms with Crippen LogP contribution in [0.25, 0.3) is 0 Å². The van der Waals surface area contributed by atoms with E-state index in [0.29, 0.717) is 37.4 Å². The van der Waals surface area contributed by atoms with E-state index in [-0.39, 0.29) is 11.7 Å². The van der Waals surface area contributed by atoms with Gasteiger partial charge in [0.15, 0.2) is 5.82 Å². The van der Waals surface area contributed by atoms with Crippen molar-refractivity contribution in [1.82, 2.24) is 18.5 Å². The molecule has 1 saturated heterocycles. The van der Waals surface area contributed by atoms with E-state index < -0.39 is 22.1 Å². The quantitative estimate of drug-likeness (QED) is 0.685. The molecule has 0 aliphatic carbocycles. The van der Waals surface area contributed by atoms with Crippen LogP contribution >= 0.6 is 0 Å². The lowest BCUT2D eigenvalue weighted by atomic mass is 10.1. The molecule has 2 N–H and O–H groups in total. The van der Waals surface area contributed by atoms with Gasteiger partial charge < -0.3 is 10.6 Å². The lowest BCUT2D eigenvalue weighted by Gasteiger charge is -2.39. The first-order valence-electron chi connectivity index (χ1n) is 10.3. The molecule has 174 valence electrons. The van der Waals surface area contributed by atoms with E-state index in [4.69, 9.17) is 0 Å². The third-order valence-electron chi connectivity index (χ3n) is 5.30. The van der Waals surface area contributed by atoms with Crippen LogP contribution in [0.3, 0.4) is 0 Å². The molecule has 1 aromatic heterocycles. The molecule has 0 radical (unpaired) electrons. The van der Waals surface area contributed by atoms with E-state index in [2.05, 4.69) is 15.6 Å². The molecule has 0 spiro atoms. The highest BCUT2D eigenvalue weighted by Gasteiger charge is 2.34. The number of aryl methyl sites for hydroxylation is 1. The van der Waals surface area contributed by atoms with Crippen molar-refractivity contribution in [1.29, 1.82) is 0 Å². The van der Waals surface area contributed by atoms with E-state index in [0.717, 1.165) is 5.69 Å². The van der Waals surface area contributed by atoms with Gasteiger partial charge in [-0.05, 0) is 32.0 Å². The maximum absolute atomic E-state index is 15.1. The fraction of sp³-hybridized carbons (Fsp3) is 0.429. The zero-order valence-electron chi connectivity index (χ0n) is 18.7. The summed E-state index contributed by atoms with van der Waals surface area (Å²) in [6, 6.07) is 7.51. The normalized spacial score (nSPS) is 18.0. The SMILES string of the molecule is Cc1ccc(NC(=O)Nc2cccc(CN3CCN(S(=O)(=O)N(C)C)[C@H](C)C3)c2F)cn1. The summed E-state index contributed by atoms with van der Waals surface area (Å²) in [5.41, 5.74) is 1.83. The largest absolute Gasteiger partial charge is 0.323 e. The van der Waals surface area contributed by atoms with Crippen LogP contribution in [0.1, 0.15) is 18.2 Å². The van der Waals surface area contributed by atoms with Gasteiger partial charge in [0, 0.05) is 57.6 Å². The van der Waals surface area contributed by atoms with Gasteiger partial charge in [-0.15, -0.1) is 0 Å². The molecule has 2 heterocycles. The van der Waals surface area contributed by atoms with Crippen LogP contribution in [0.15, 0.2) is 36.5 Å². The Morgan fingerprint density at radius 2 is 1.97 bits per heavy atom. The van der Waals surface area contributed by atoms with Gasteiger partial charge in [-0.1, -0.05) is 12.1 Å². The van der Waals surface area contributed by atoms with Crippen molar-refractivity contribution >= 4 is 27.6 Å². The van der Waals surface area contributed by atoms with Crippen LogP contribution in [0.2, 0.25) is 0 Å². The minimum atomic E-state index is -3.50. The fourth-order valence-electron chi connectivity index (χ4n) is 3.58. The Balaban J connectivity index is 1.63. The van der Waals surface area contributed by atoms with Crippen molar-refractivity contribution in [2.45, 2.75) is 26.4 Å². The molecule has 0 unspecified atom stereocenters. The maximum Gasteiger partial charge on any atom is 0.323 e. The van der Waals surface area contributed by atoms with Gasteiger partial charge in [0.05, 0.1) is 17.6 Å². The van der Waals surface area contributed by atoms with Crippen LogP contribution in [0, 0.1) is 12.7 Å². The molecule has 0 bridgehead atoms. The number of piperazine rings is 1. The smallest absolute Gasteiger partial charge is 0.306 e. The second kappa shape index (κ2) is 9.90. The van der Waals surface area contributed by atoms with Crippen molar-refractivity contribution in [2.24, 2.45) is 0 Å². The summed E-state index contributed by atoms with van der Waals surface area (Å²) in [6.45, 7) is 5.28. The molecule has 2 aromatic rings. The van der Waals surface area contributed by atoms with Crippen LogP contribution < -0.4 is 10.6 Å². The summed E-state index contributed by atoms with van der Waals surface area (Å²) in [4.78, 5) is 18.4. The third-order valence-corrected chi connectivity index (χ3v) is 7.36. The zero-order chi connectivity index (χ0) is 23.5. The molecular weight excluding hydrogens is 435 g/mol. The Hall–Kier alpha value is -2.60. The molecule has 3 rings (SSSR count). The fourth-order valence-corrected chi connectivity index (χ4v) is 4.83. The van der Waals surface area contributed by atoms with Crippen molar-refractivity contribution < 1.29 is 17.6 Å². The van der Waals surface area contributed by atoms with E-state index >= 15 is 4.39 Å². The monoisotopic (exact) mass is 464 g/mol. The highest BCUT2D eigenvalue weighted by atomic mass is 32.2. The topological polar surface area (TPSA) is 97.9 Å². The van der Waals surface area contributed by atoms with E-state index in [1.165, 1.54) is 35.0 Å². The first-order chi connectivity index (χ1) is 15.1. The molecule has 2 amide bonds. The predicted molar refractivity (Wildman–Crippen MR) is 122 cm³/mol. The van der Waals surface area contributed by atoms with Gasteiger partial charge >= 0.3 is 6.03 Å². The number of benzene rings is 1. The number of pyridine rings is 1. The van der Waals surface area contributed by atoms with Crippen molar-refractivity contribution in [3.63, 3.8) is 0 Å². The molecule has 1 aromatic carbocycles. The summed E-state index contributed by atoms with van der Waals surface area (Å²) in [5.74, 6) is -0.513. The summed E-state index contributed by atoms with van der Waals surface area (Å²) in [5, 5.41) is 5.16. The Kier molecular flexibility index (Phi) is 7.44. The number of carbonyl (C=O) groups excluding carboxylic acids is 1. The van der Waals surface area contributed by atoms with Gasteiger partial charge in [0.2, 0.25) is 0 Å². The molecule has 0 saturated carbocycles. The summed E-state index contributed by atoms with van der Waals surface area (Å²) >= 11 is 0. The maximum atomic E-state index is 15.1. The van der Waals surface area contributed by atoms with E-state index in [9.17, 15) is 13.2 Å². The number of nitrogens with zero attached hydrogens (tertiary/aromatic N) is 4. The van der Waals surface area contributed by atoms with Crippen molar-refractivity contribution in [2.75, 3.05) is 44.4 Å². The third kappa shape index (κ3) is 5.60. The molecular formula is C21H29FN6O3S. The Morgan fingerprint density at radius 3 is 2.59 bits per heavy atom. The van der Waals surface area contributed by atoms with Crippen LogP contribution in [0.5, 0.6) is 0 Å². The number of anilines is 2. The second-order valence-electron chi connectivity index (χ2n) is 8.03. The lowest BCUT2D eigenvalue weighted by molar-refractivity contribution is 0.132. The van der Waals surface area contributed by atoms with Gasteiger partial charge in [-0.2, -0.15) is 17.0 Å². The molecule has 9 nitrogen and oxygen atoms in total. The number of carbonyl (C=O) groups is 1. The standard InChI is InChI=1S/C21H29FN6O3S/c1-15-8-9-18(12-23-15)24-21(29)25-19-7-5-6-17(20(19)22)14-27-10-11-28(16(2)13-27)32(30,31)26(3)4/h5-9,12,16H,10-11,13-14H2,1-4H3,(H2,24,25,29)/t16-/m1/s1. The molecule has 32 heavy (non-hydrogen) atoms. The number of amides is 2. The number of halogens is 1. The minimum absolute atomic E-state index is 0.0712. The summed E-state index contributed by atoms with van der Waals surface area (Å²) in [7, 11) is -0.480. The molecule has 11 heteroatoms. The van der Waals surface area contributed by atoms with E-state index in [1.807, 2.05) is 18.7 Å². The second-order valence-corrected chi connectivity index (χ2v) is 10.1. The number of nitrogens with one attached hydrogen (secondary N) is 2. The Bertz CT molecular complexity index is 1060. The summed E-state index contributed by atoms with van der Waals surface area (Å²) < 4.78 is 42.6. The summed E-state index contributed by atoms with van der Waals surface area (Å²) in [6.07, 6.45) is 1.53. The Morgan fingerprint density at radius 1 is 1.22 bits per heavy atom. The first kappa shape index (κ1) is 24.1. The molecule has 1 atom stereocenters.